The van der Waals surface area contributed by atoms with Gasteiger partial charge in [-0.3, -0.25) is 14.8 Å². The maximum absolute atomic E-state index is 12.6. The number of aromatic nitrogens is 2. The second-order valence-electron chi connectivity index (χ2n) is 7.22. The van der Waals surface area contributed by atoms with Crippen LogP contribution < -0.4 is 11.1 Å². The van der Waals surface area contributed by atoms with Crippen molar-refractivity contribution >= 4 is 22.7 Å². The number of aliphatic imine (C=N–C) groups is 1. The molecule has 148 valence electrons. The predicted octanol–water partition coefficient (Wildman–Crippen LogP) is 2.72. The SMILES string of the molecule is CNCCCc1cnc(C(=O)Cc2cccc(C3(C)CCSC(N)=N3)c2)cn1. The van der Waals surface area contributed by atoms with Crippen molar-refractivity contribution in [2.75, 3.05) is 19.3 Å². The standard InChI is InChI=1S/C21H27N5OS/c1-21(8-10-28-20(22)26-21)16-6-3-5-15(11-16)12-19(27)18-14-24-17(13-25-18)7-4-9-23-2/h3,5-6,11,13-14,23H,4,7-10,12H2,1-2H3,(H2,22,26). The third-order valence-electron chi connectivity index (χ3n) is 4.96. The number of carbonyl (C=O) groups is 1. The Morgan fingerprint density at radius 2 is 2.18 bits per heavy atom. The monoisotopic (exact) mass is 397 g/mol. The molecule has 28 heavy (non-hydrogen) atoms. The second-order valence-corrected chi connectivity index (χ2v) is 8.34. The van der Waals surface area contributed by atoms with E-state index in [2.05, 4.69) is 39.3 Å². The maximum Gasteiger partial charge on any atom is 0.187 e. The van der Waals surface area contributed by atoms with Gasteiger partial charge in [0.05, 0.1) is 17.4 Å². The summed E-state index contributed by atoms with van der Waals surface area (Å²) in [5.74, 6) is 0.921. The van der Waals surface area contributed by atoms with E-state index in [0.29, 0.717) is 17.3 Å². The van der Waals surface area contributed by atoms with Crippen molar-refractivity contribution in [1.82, 2.24) is 15.3 Å². The quantitative estimate of drug-likeness (QED) is 0.525. The molecule has 2 aromatic rings. The number of thioether (sulfide) groups is 1. The molecule has 1 aromatic heterocycles. The van der Waals surface area contributed by atoms with Crippen LogP contribution in [0.25, 0.3) is 0 Å². The van der Waals surface area contributed by atoms with Gasteiger partial charge in [0.15, 0.2) is 11.0 Å². The number of hydrogen-bond acceptors (Lipinski definition) is 7. The van der Waals surface area contributed by atoms with Crippen molar-refractivity contribution in [1.29, 1.82) is 0 Å². The molecule has 0 saturated carbocycles. The van der Waals surface area contributed by atoms with Gasteiger partial charge in [0, 0.05) is 18.4 Å². The minimum atomic E-state index is -0.330. The van der Waals surface area contributed by atoms with Crippen LogP contribution in [-0.2, 0) is 18.4 Å². The van der Waals surface area contributed by atoms with Crippen LogP contribution in [0.1, 0.15) is 47.1 Å². The van der Waals surface area contributed by atoms with Crippen molar-refractivity contribution in [3.63, 3.8) is 0 Å². The molecule has 7 heteroatoms. The van der Waals surface area contributed by atoms with E-state index in [1.165, 1.54) is 0 Å². The third-order valence-corrected chi connectivity index (χ3v) is 5.76. The average molecular weight is 398 g/mol. The Bertz CT molecular complexity index is 852. The molecular formula is C21H27N5OS. The van der Waals surface area contributed by atoms with E-state index in [-0.39, 0.29) is 11.3 Å². The van der Waals surface area contributed by atoms with Gasteiger partial charge in [-0.05, 0) is 50.9 Å². The summed E-state index contributed by atoms with van der Waals surface area (Å²) in [5.41, 5.74) is 8.96. The summed E-state index contributed by atoms with van der Waals surface area (Å²) < 4.78 is 0. The van der Waals surface area contributed by atoms with Crippen LogP contribution in [-0.4, -0.2) is 40.3 Å². The largest absolute Gasteiger partial charge is 0.379 e. The molecule has 0 saturated heterocycles. The average Bonchev–Trinajstić information content (AvgIpc) is 2.69. The first kappa shape index (κ1) is 20.5. The molecule has 1 aliphatic heterocycles. The number of nitrogens with one attached hydrogen (secondary N) is 1. The molecular weight excluding hydrogens is 370 g/mol. The van der Waals surface area contributed by atoms with Crippen LogP contribution in [0.5, 0.6) is 0 Å². The van der Waals surface area contributed by atoms with E-state index in [4.69, 9.17) is 5.73 Å². The van der Waals surface area contributed by atoms with Crippen LogP contribution in [0.2, 0.25) is 0 Å². The summed E-state index contributed by atoms with van der Waals surface area (Å²) in [5, 5.41) is 3.73. The number of ketones is 1. The normalized spacial score (nSPS) is 19.3. The zero-order valence-corrected chi connectivity index (χ0v) is 17.3. The molecule has 2 heterocycles. The Kier molecular flexibility index (Phi) is 6.80. The molecule has 1 unspecified atom stereocenters. The van der Waals surface area contributed by atoms with Crippen molar-refractivity contribution in [2.24, 2.45) is 10.7 Å². The first-order valence-corrected chi connectivity index (χ1v) is 10.5. The van der Waals surface area contributed by atoms with Gasteiger partial charge >= 0.3 is 0 Å². The Morgan fingerprint density at radius 3 is 2.89 bits per heavy atom. The minimum Gasteiger partial charge on any atom is -0.379 e. The van der Waals surface area contributed by atoms with Gasteiger partial charge in [0.2, 0.25) is 0 Å². The fourth-order valence-corrected chi connectivity index (χ4v) is 4.24. The van der Waals surface area contributed by atoms with Crippen molar-refractivity contribution in [2.45, 2.75) is 38.1 Å². The fraction of sp³-hybridized carbons (Fsp3) is 0.429. The highest BCUT2D eigenvalue weighted by molar-refractivity contribution is 8.13. The van der Waals surface area contributed by atoms with Gasteiger partial charge < -0.3 is 11.1 Å². The van der Waals surface area contributed by atoms with Gasteiger partial charge in [-0.25, -0.2) is 4.98 Å². The fourth-order valence-electron chi connectivity index (χ4n) is 3.26. The lowest BCUT2D eigenvalue weighted by atomic mass is 9.88. The zero-order valence-electron chi connectivity index (χ0n) is 16.4. The Labute approximate surface area is 170 Å². The Balaban J connectivity index is 1.68. The number of amidine groups is 1. The van der Waals surface area contributed by atoms with E-state index in [9.17, 15) is 4.79 Å². The number of rotatable bonds is 8. The molecule has 1 atom stereocenters. The molecule has 0 spiro atoms. The zero-order chi connectivity index (χ0) is 20.0. The third kappa shape index (κ3) is 5.17. The van der Waals surface area contributed by atoms with Crippen LogP contribution in [0.3, 0.4) is 0 Å². The number of nitrogens with zero attached hydrogens (tertiary/aromatic N) is 3. The molecule has 0 aliphatic carbocycles. The van der Waals surface area contributed by atoms with Crippen molar-refractivity contribution < 1.29 is 4.79 Å². The summed E-state index contributed by atoms with van der Waals surface area (Å²) in [7, 11) is 1.93. The molecule has 0 radical (unpaired) electrons. The van der Waals surface area contributed by atoms with Crippen LogP contribution in [0.15, 0.2) is 41.7 Å². The van der Waals surface area contributed by atoms with E-state index >= 15 is 0 Å². The van der Waals surface area contributed by atoms with Crippen molar-refractivity contribution in [3.8, 4) is 0 Å². The topological polar surface area (TPSA) is 93.3 Å². The first-order chi connectivity index (χ1) is 13.5. The number of carbonyl (C=O) groups excluding carboxylic acids is 1. The molecule has 1 aromatic carbocycles. The van der Waals surface area contributed by atoms with Crippen molar-refractivity contribution in [3.05, 3.63) is 59.2 Å². The minimum absolute atomic E-state index is 0.0289. The second kappa shape index (κ2) is 9.30. The predicted molar refractivity (Wildman–Crippen MR) is 115 cm³/mol. The number of hydrogen-bond donors (Lipinski definition) is 2. The lowest BCUT2D eigenvalue weighted by molar-refractivity contribution is 0.0987. The Hall–Kier alpha value is -2.25. The lowest BCUT2D eigenvalue weighted by Gasteiger charge is -2.30. The Morgan fingerprint density at radius 1 is 1.32 bits per heavy atom. The first-order valence-electron chi connectivity index (χ1n) is 9.56. The smallest absolute Gasteiger partial charge is 0.187 e. The van der Waals surface area contributed by atoms with Gasteiger partial charge in [0.1, 0.15) is 5.69 Å². The summed E-state index contributed by atoms with van der Waals surface area (Å²) >= 11 is 1.59. The van der Waals surface area contributed by atoms with E-state index in [0.717, 1.165) is 48.4 Å². The van der Waals surface area contributed by atoms with Gasteiger partial charge in [-0.2, -0.15) is 0 Å². The summed E-state index contributed by atoms with van der Waals surface area (Å²) in [6.07, 6.45) is 6.37. The summed E-state index contributed by atoms with van der Waals surface area (Å²) in [4.78, 5) is 26.0. The highest BCUT2D eigenvalue weighted by Gasteiger charge is 2.29. The summed E-state index contributed by atoms with van der Waals surface area (Å²) in [6, 6.07) is 8.06. The molecule has 0 fully saturated rings. The van der Waals surface area contributed by atoms with Gasteiger partial charge in [-0.15, -0.1) is 0 Å². The molecule has 6 nitrogen and oxygen atoms in total. The van der Waals surface area contributed by atoms with Gasteiger partial charge in [-0.1, -0.05) is 36.0 Å². The highest BCUT2D eigenvalue weighted by Crippen LogP contribution is 2.35. The highest BCUT2D eigenvalue weighted by atomic mass is 32.2. The van der Waals surface area contributed by atoms with E-state index < -0.39 is 0 Å². The number of aryl methyl sites for hydroxylation is 1. The number of benzene rings is 1. The van der Waals surface area contributed by atoms with Gasteiger partial charge in [0.25, 0.3) is 0 Å². The molecule has 0 bridgehead atoms. The summed E-state index contributed by atoms with van der Waals surface area (Å²) in [6.45, 7) is 3.03. The van der Waals surface area contributed by atoms with Crippen LogP contribution in [0, 0.1) is 0 Å². The molecule has 3 N–H and O–H groups in total. The maximum atomic E-state index is 12.6. The number of Topliss-reactive ketones (excluding diaryl/α,β-unsaturated/α-hetero) is 1. The lowest BCUT2D eigenvalue weighted by Crippen LogP contribution is -2.28. The van der Waals surface area contributed by atoms with E-state index in [1.807, 2.05) is 19.2 Å². The number of nitrogens with two attached hydrogens (primary N) is 1. The van der Waals surface area contributed by atoms with Crippen LogP contribution in [0.4, 0.5) is 0 Å². The molecule has 0 amide bonds. The molecule has 1 aliphatic rings. The van der Waals surface area contributed by atoms with Crippen LogP contribution >= 0.6 is 11.8 Å². The molecule has 3 rings (SSSR count). The van der Waals surface area contributed by atoms with E-state index in [1.54, 1.807) is 24.2 Å².